The summed E-state index contributed by atoms with van der Waals surface area (Å²) in [6.07, 6.45) is 2.68. The largest absolute Gasteiger partial charge is 0.493 e. The molecule has 1 amide bonds. The second-order valence-electron chi connectivity index (χ2n) is 7.86. The van der Waals surface area contributed by atoms with E-state index in [1.807, 2.05) is 0 Å². The highest BCUT2D eigenvalue weighted by molar-refractivity contribution is 6.33. The molecule has 1 fully saturated rings. The molecule has 36 heavy (non-hydrogen) atoms. The van der Waals surface area contributed by atoms with Crippen LogP contribution in [-0.4, -0.2) is 77.4 Å². The molecule has 0 aliphatic carbocycles. The van der Waals surface area contributed by atoms with Crippen LogP contribution in [0.15, 0.2) is 30.3 Å². The Bertz CT molecular complexity index is 1130. The molecular weight excluding hydrogens is 490 g/mol. The number of rotatable bonds is 10. The first kappa shape index (κ1) is 27.2. The Hall–Kier alpha value is -3.43. The quantitative estimate of drug-likeness (QED) is 0.345. The number of carbonyl (C=O) groups excluding carboxylic acids is 2. The highest BCUT2D eigenvalue weighted by atomic mass is 35.5. The Morgan fingerprint density at radius 2 is 1.67 bits per heavy atom. The average Bonchev–Trinajstić information content (AvgIpc) is 2.90. The molecule has 1 aliphatic heterocycles. The molecule has 1 heterocycles. The fourth-order valence-corrected chi connectivity index (χ4v) is 4.11. The molecule has 0 N–H and O–H groups in total. The first-order chi connectivity index (χ1) is 17.3. The fourth-order valence-electron chi connectivity index (χ4n) is 3.82. The second kappa shape index (κ2) is 12.5. The zero-order valence-corrected chi connectivity index (χ0v) is 21.7. The lowest BCUT2D eigenvalue weighted by Crippen LogP contribution is -2.47. The molecule has 1 unspecified atom stereocenters. The van der Waals surface area contributed by atoms with E-state index < -0.39 is 6.10 Å². The minimum atomic E-state index is -0.406. The number of nitrogens with zero attached hydrogens (tertiary/aromatic N) is 1. The van der Waals surface area contributed by atoms with Gasteiger partial charge in [-0.25, -0.2) is 0 Å². The van der Waals surface area contributed by atoms with Gasteiger partial charge in [-0.2, -0.15) is 0 Å². The Morgan fingerprint density at radius 3 is 2.31 bits per heavy atom. The molecule has 1 aliphatic rings. The van der Waals surface area contributed by atoms with Gasteiger partial charge in [0.25, 0.3) is 0 Å². The van der Waals surface area contributed by atoms with Crippen LogP contribution in [0, 0.1) is 0 Å². The minimum Gasteiger partial charge on any atom is -0.493 e. The third-order valence-electron chi connectivity index (χ3n) is 5.66. The molecular formula is C26H30ClNO8. The molecule has 10 heteroatoms. The molecule has 1 atom stereocenters. The smallest absolute Gasteiger partial charge is 0.246 e. The molecule has 0 bridgehead atoms. The highest BCUT2D eigenvalue weighted by Gasteiger charge is 2.26. The van der Waals surface area contributed by atoms with Crippen LogP contribution in [0.3, 0.4) is 0 Å². The van der Waals surface area contributed by atoms with Gasteiger partial charge in [0.2, 0.25) is 11.7 Å². The van der Waals surface area contributed by atoms with Crippen molar-refractivity contribution in [2.45, 2.75) is 13.0 Å². The molecule has 194 valence electrons. The van der Waals surface area contributed by atoms with E-state index in [9.17, 15) is 9.59 Å². The lowest BCUT2D eigenvalue weighted by molar-refractivity contribution is -0.134. The van der Waals surface area contributed by atoms with E-state index in [1.54, 1.807) is 35.2 Å². The third-order valence-corrected chi connectivity index (χ3v) is 6.05. The van der Waals surface area contributed by atoms with Crippen LogP contribution in [0.4, 0.5) is 0 Å². The monoisotopic (exact) mass is 519 g/mol. The van der Waals surface area contributed by atoms with Crippen molar-refractivity contribution in [3.63, 3.8) is 0 Å². The fraction of sp³-hybridized carbons (Fsp3) is 0.385. The van der Waals surface area contributed by atoms with Crippen LogP contribution in [0.1, 0.15) is 22.8 Å². The topological polar surface area (TPSA) is 92.8 Å². The molecule has 0 spiro atoms. The first-order valence-electron chi connectivity index (χ1n) is 11.2. The number of benzene rings is 2. The first-order valence-corrected chi connectivity index (χ1v) is 11.6. The summed E-state index contributed by atoms with van der Waals surface area (Å²) in [4.78, 5) is 26.7. The number of ether oxygens (including phenoxy) is 6. The second-order valence-corrected chi connectivity index (χ2v) is 8.24. The van der Waals surface area contributed by atoms with Gasteiger partial charge in [-0.1, -0.05) is 11.6 Å². The van der Waals surface area contributed by atoms with Gasteiger partial charge in [-0.15, -0.1) is 0 Å². The van der Waals surface area contributed by atoms with Crippen LogP contribution in [-0.2, 0) is 9.53 Å². The van der Waals surface area contributed by atoms with E-state index >= 15 is 0 Å². The Kier molecular flexibility index (Phi) is 9.44. The minimum absolute atomic E-state index is 0.110. The number of morpholine rings is 1. The van der Waals surface area contributed by atoms with Crippen LogP contribution < -0.4 is 23.7 Å². The maximum absolute atomic E-state index is 12.9. The van der Waals surface area contributed by atoms with E-state index in [-0.39, 0.29) is 24.0 Å². The van der Waals surface area contributed by atoms with Crippen LogP contribution in [0.2, 0.25) is 5.02 Å². The average molecular weight is 520 g/mol. The van der Waals surface area contributed by atoms with Crippen LogP contribution in [0.5, 0.6) is 28.7 Å². The highest BCUT2D eigenvalue weighted by Crippen LogP contribution is 2.40. The predicted octanol–water partition coefficient (Wildman–Crippen LogP) is 3.90. The van der Waals surface area contributed by atoms with E-state index in [0.29, 0.717) is 58.8 Å². The van der Waals surface area contributed by atoms with Crippen molar-refractivity contribution >= 4 is 29.4 Å². The zero-order valence-electron chi connectivity index (χ0n) is 21.0. The Balaban J connectivity index is 1.69. The molecule has 2 aromatic carbocycles. The van der Waals surface area contributed by atoms with Crippen molar-refractivity contribution in [2.24, 2.45) is 0 Å². The van der Waals surface area contributed by atoms with Gasteiger partial charge >= 0.3 is 0 Å². The number of hydrogen-bond donors (Lipinski definition) is 0. The molecule has 0 saturated carbocycles. The van der Waals surface area contributed by atoms with Crippen molar-refractivity contribution in [3.8, 4) is 28.7 Å². The normalized spacial score (nSPS) is 15.5. The van der Waals surface area contributed by atoms with Gasteiger partial charge in [0.15, 0.2) is 28.8 Å². The number of ketones is 1. The molecule has 0 aromatic heterocycles. The maximum atomic E-state index is 12.9. The van der Waals surface area contributed by atoms with Gasteiger partial charge in [0, 0.05) is 12.6 Å². The summed E-state index contributed by atoms with van der Waals surface area (Å²) in [5.74, 6) is 1.57. The molecule has 1 saturated heterocycles. The van der Waals surface area contributed by atoms with E-state index in [1.165, 1.54) is 41.4 Å². The summed E-state index contributed by atoms with van der Waals surface area (Å²) in [7, 11) is 6.00. The summed E-state index contributed by atoms with van der Waals surface area (Å²) in [5.41, 5.74) is 0.990. The van der Waals surface area contributed by atoms with Crippen molar-refractivity contribution in [1.82, 2.24) is 4.90 Å². The third kappa shape index (κ3) is 6.03. The van der Waals surface area contributed by atoms with Crippen molar-refractivity contribution in [2.75, 3.05) is 54.7 Å². The SMILES string of the molecule is COc1ccc(C=CC(=O)N2CCOC(COc3c(C(C)=O)ccc(OC)c3OC)C2)c(Cl)c1OC. The summed E-state index contributed by atoms with van der Waals surface area (Å²) in [6, 6.07) is 6.74. The number of hydrogen-bond acceptors (Lipinski definition) is 8. The van der Waals surface area contributed by atoms with Crippen LogP contribution in [0.25, 0.3) is 6.08 Å². The molecule has 3 rings (SSSR count). The Morgan fingerprint density at radius 1 is 1.00 bits per heavy atom. The number of methoxy groups -OCH3 is 4. The van der Waals surface area contributed by atoms with Gasteiger partial charge in [0.1, 0.15) is 12.7 Å². The summed E-state index contributed by atoms with van der Waals surface area (Å²) >= 11 is 6.41. The summed E-state index contributed by atoms with van der Waals surface area (Å²) < 4.78 is 33.1. The summed E-state index contributed by atoms with van der Waals surface area (Å²) in [6.45, 7) is 2.64. The van der Waals surface area contributed by atoms with Gasteiger partial charge in [-0.3, -0.25) is 9.59 Å². The van der Waals surface area contributed by atoms with Gasteiger partial charge < -0.3 is 33.3 Å². The van der Waals surface area contributed by atoms with Crippen molar-refractivity contribution in [3.05, 3.63) is 46.5 Å². The van der Waals surface area contributed by atoms with Crippen molar-refractivity contribution < 1.29 is 38.0 Å². The lowest BCUT2D eigenvalue weighted by Gasteiger charge is -2.32. The molecule has 9 nitrogen and oxygen atoms in total. The molecule has 0 radical (unpaired) electrons. The number of carbonyl (C=O) groups is 2. The standard InChI is InChI=1S/C26H30ClNO8/c1-16(29)19-8-10-21(32-3)26(34-5)24(19)36-15-18-14-28(12-13-35-18)22(30)11-7-17-6-9-20(31-2)25(33-4)23(17)27/h6-11,18H,12-15H2,1-5H3. The maximum Gasteiger partial charge on any atom is 0.246 e. The number of amides is 1. The Labute approximate surface area is 215 Å². The summed E-state index contributed by atoms with van der Waals surface area (Å²) in [5, 5.41) is 0.350. The number of Topliss-reactive ketones (excluding diaryl/α,β-unsaturated/α-hetero) is 1. The van der Waals surface area contributed by atoms with Crippen LogP contribution >= 0.6 is 11.6 Å². The molecule has 2 aromatic rings. The van der Waals surface area contributed by atoms with Crippen molar-refractivity contribution in [1.29, 1.82) is 0 Å². The zero-order chi connectivity index (χ0) is 26.2. The van der Waals surface area contributed by atoms with E-state index in [4.69, 9.17) is 40.0 Å². The van der Waals surface area contributed by atoms with E-state index in [2.05, 4.69) is 0 Å². The predicted molar refractivity (Wildman–Crippen MR) is 135 cm³/mol. The lowest BCUT2D eigenvalue weighted by atomic mass is 10.1. The van der Waals surface area contributed by atoms with Gasteiger partial charge in [0.05, 0.1) is 52.2 Å². The van der Waals surface area contributed by atoms with Gasteiger partial charge in [-0.05, 0) is 42.8 Å². The number of halogens is 1. The van der Waals surface area contributed by atoms with E-state index in [0.717, 1.165) is 0 Å².